The summed E-state index contributed by atoms with van der Waals surface area (Å²) in [6.45, 7) is 2.29. The molecular weight excluding hydrogens is 496 g/mol. The van der Waals surface area contributed by atoms with Crippen LogP contribution in [0.25, 0.3) is 10.9 Å². The second-order valence-corrected chi connectivity index (χ2v) is 9.46. The minimum atomic E-state index is -0.148. The molecule has 5 aromatic rings. The Balaban J connectivity index is 1.27. The molecule has 0 atom stereocenters. The Morgan fingerprint density at radius 1 is 0.949 bits per heavy atom. The number of ether oxygens (including phenoxy) is 3. The largest absolute Gasteiger partial charge is 0.497 e. The molecule has 6 rings (SSSR count). The van der Waals surface area contributed by atoms with Crippen molar-refractivity contribution >= 4 is 10.9 Å². The van der Waals surface area contributed by atoms with Crippen molar-refractivity contribution in [1.29, 1.82) is 0 Å². The number of rotatable bonds is 10. The van der Waals surface area contributed by atoms with Gasteiger partial charge in [0.15, 0.2) is 17.3 Å². The van der Waals surface area contributed by atoms with E-state index in [0.29, 0.717) is 48.8 Å². The molecule has 0 spiro atoms. The normalized spacial score (nSPS) is 12.4. The Hall–Kier alpha value is -4.70. The van der Waals surface area contributed by atoms with Crippen molar-refractivity contribution < 1.29 is 14.2 Å². The van der Waals surface area contributed by atoms with Crippen LogP contribution in [0.1, 0.15) is 22.5 Å². The minimum Gasteiger partial charge on any atom is -0.497 e. The Labute approximate surface area is 224 Å². The monoisotopic (exact) mass is 524 g/mol. The van der Waals surface area contributed by atoms with Gasteiger partial charge in [-0.05, 0) is 52.2 Å². The fourth-order valence-corrected chi connectivity index (χ4v) is 4.75. The van der Waals surface area contributed by atoms with Gasteiger partial charge in [-0.2, -0.15) is 0 Å². The topological polar surface area (TPSA) is 107 Å². The van der Waals surface area contributed by atoms with E-state index in [-0.39, 0.29) is 12.4 Å². The SMILES string of the molecule is COc1ccc(CN(Cc2cc3cc4c(cc3[nH]c2=O)OCO4)Cc2nnnn2CCc2ccccc2)cc1. The van der Waals surface area contributed by atoms with Crippen LogP contribution in [0.15, 0.2) is 77.6 Å². The van der Waals surface area contributed by atoms with Crippen LogP contribution in [-0.2, 0) is 32.6 Å². The number of hydrogen-bond donors (Lipinski definition) is 1. The van der Waals surface area contributed by atoms with Crippen LogP contribution in [0.5, 0.6) is 17.2 Å². The summed E-state index contributed by atoms with van der Waals surface area (Å²) in [7, 11) is 1.65. The lowest BCUT2D eigenvalue weighted by Crippen LogP contribution is -2.28. The number of pyridine rings is 1. The number of nitrogens with one attached hydrogen (secondary N) is 1. The number of aromatic amines is 1. The smallest absolute Gasteiger partial charge is 0.252 e. The predicted molar refractivity (Wildman–Crippen MR) is 145 cm³/mol. The van der Waals surface area contributed by atoms with Gasteiger partial charge in [0.05, 0.1) is 19.2 Å². The number of nitrogens with zero attached hydrogens (tertiary/aromatic N) is 5. The van der Waals surface area contributed by atoms with Crippen LogP contribution in [0, 0.1) is 0 Å². The third-order valence-corrected chi connectivity index (χ3v) is 6.80. The third-order valence-electron chi connectivity index (χ3n) is 6.80. The van der Waals surface area contributed by atoms with E-state index in [1.54, 1.807) is 13.2 Å². The number of tetrazole rings is 1. The van der Waals surface area contributed by atoms with Crippen molar-refractivity contribution in [2.75, 3.05) is 13.9 Å². The third kappa shape index (κ3) is 5.60. The first-order valence-corrected chi connectivity index (χ1v) is 12.7. The summed E-state index contributed by atoms with van der Waals surface area (Å²) in [4.78, 5) is 18.3. The van der Waals surface area contributed by atoms with Gasteiger partial charge in [0.25, 0.3) is 5.56 Å². The van der Waals surface area contributed by atoms with Gasteiger partial charge in [0, 0.05) is 36.7 Å². The zero-order valence-electron chi connectivity index (χ0n) is 21.5. The standard InChI is InChI=1S/C29H28N6O4/c1-37-24-9-7-21(8-10-24)16-34(18-28-31-32-33-35(28)12-11-20-5-3-2-4-6-20)17-23-13-22-14-26-27(39-19-38-26)15-25(22)30-29(23)36/h2-10,13-15H,11-12,16-19H2,1H3,(H,30,36). The number of aromatic nitrogens is 5. The summed E-state index contributed by atoms with van der Waals surface area (Å²) in [5.41, 5.74) is 3.50. The molecule has 10 nitrogen and oxygen atoms in total. The molecule has 3 aromatic carbocycles. The van der Waals surface area contributed by atoms with E-state index in [1.165, 1.54) is 5.56 Å². The van der Waals surface area contributed by atoms with Crippen LogP contribution in [0.4, 0.5) is 0 Å². The fraction of sp³-hybridized carbons (Fsp3) is 0.241. The molecule has 0 saturated heterocycles. The molecule has 198 valence electrons. The molecule has 0 radical (unpaired) electrons. The van der Waals surface area contributed by atoms with Gasteiger partial charge >= 0.3 is 0 Å². The molecule has 0 fully saturated rings. The summed E-state index contributed by atoms with van der Waals surface area (Å²) in [5.74, 6) is 2.84. The number of methoxy groups -OCH3 is 1. The van der Waals surface area contributed by atoms with Gasteiger partial charge in [-0.15, -0.1) is 5.10 Å². The zero-order chi connectivity index (χ0) is 26.6. The van der Waals surface area contributed by atoms with E-state index in [0.717, 1.165) is 28.9 Å². The molecule has 1 N–H and O–H groups in total. The van der Waals surface area contributed by atoms with Crippen LogP contribution in [0.2, 0.25) is 0 Å². The Kier molecular flexibility index (Phi) is 6.92. The van der Waals surface area contributed by atoms with Crippen molar-refractivity contribution in [3.63, 3.8) is 0 Å². The van der Waals surface area contributed by atoms with Gasteiger partial charge in [-0.1, -0.05) is 42.5 Å². The lowest BCUT2D eigenvalue weighted by molar-refractivity contribution is 0.174. The average molecular weight is 525 g/mol. The molecule has 3 heterocycles. The maximum atomic E-state index is 13.1. The molecule has 39 heavy (non-hydrogen) atoms. The lowest BCUT2D eigenvalue weighted by Gasteiger charge is -2.22. The van der Waals surface area contributed by atoms with E-state index in [2.05, 4.69) is 37.5 Å². The maximum Gasteiger partial charge on any atom is 0.252 e. The van der Waals surface area contributed by atoms with Crippen LogP contribution in [-0.4, -0.2) is 44.0 Å². The first-order chi connectivity index (χ1) is 19.1. The van der Waals surface area contributed by atoms with E-state index in [9.17, 15) is 4.79 Å². The highest BCUT2D eigenvalue weighted by molar-refractivity contribution is 5.83. The van der Waals surface area contributed by atoms with Gasteiger partial charge in [-0.25, -0.2) is 4.68 Å². The van der Waals surface area contributed by atoms with E-state index >= 15 is 0 Å². The number of aryl methyl sites for hydroxylation is 2. The maximum absolute atomic E-state index is 13.1. The van der Waals surface area contributed by atoms with Crippen molar-refractivity contribution in [1.82, 2.24) is 30.1 Å². The van der Waals surface area contributed by atoms with Crippen molar-refractivity contribution in [3.05, 3.63) is 106 Å². The van der Waals surface area contributed by atoms with Crippen molar-refractivity contribution in [2.24, 2.45) is 0 Å². The molecule has 0 aliphatic carbocycles. The molecule has 10 heteroatoms. The summed E-state index contributed by atoms with van der Waals surface area (Å²) in [6.07, 6.45) is 0.817. The fourth-order valence-electron chi connectivity index (χ4n) is 4.75. The van der Waals surface area contributed by atoms with Crippen molar-refractivity contribution in [2.45, 2.75) is 32.6 Å². The molecule has 0 saturated carbocycles. The van der Waals surface area contributed by atoms with Gasteiger partial charge in [-0.3, -0.25) is 9.69 Å². The number of fused-ring (bicyclic) bond motifs is 2. The van der Waals surface area contributed by atoms with Gasteiger partial charge in [0.2, 0.25) is 6.79 Å². The minimum absolute atomic E-state index is 0.148. The molecule has 0 bridgehead atoms. The Morgan fingerprint density at radius 2 is 1.74 bits per heavy atom. The molecule has 0 unspecified atom stereocenters. The highest BCUT2D eigenvalue weighted by Crippen LogP contribution is 2.35. The summed E-state index contributed by atoms with van der Waals surface area (Å²) in [5, 5.41) is 13.4. The average Bonchev–Trinajstić information content (AvgIpc) is 3.61. The molecule has 0 amide bonds. The first kappa shape index (κ1) is 24.6. The summed E-state index contributed by atoms with van der Waals surface area (Å²) in [6, 6.07) is 23.8. The van der Waals surface area contributed by atoms with Crippen LogP contribution in [0.3, 0.4) is 0 Å². The Morgan fingerprint density at radius 3 is 2.54 bits per heavy atom. The van der Waals surface area contributed by atoms with Gasteiger partial charge < -0.3 is 19.2 Å². The van der Waals surface area contributed by atoms with Gasteiger partial charge in [0.1, 0.15) is 5.75 Å². The first-order valence-electron chi connectivity index (χ1n) is 12.7. The van der Waals surface area contributed by atoms with Crippen molar-refractivity contribution in [3.8, 4) is 17.2 Å². The second kappa shape index (κ2) is 11.0. The number of hydrogen-bond acceptors (Lipinski definition) is 8. The summed E-state index contributed by atoms with van der Waals surface area (Å²) < 4.78 is 18.1. The Bertz CT molecular complexity index is 1630. The zero-order valence-corrected chi connectivity index (χ0v) is 21.5. The summed E-state index contributed by atoms with van der Waals surface area (Å²) >= 11 is 0. The lowest BCUT2D eigenvalue weighted by atomic mass is 10.1. The van der Waals surface area contributed by atoms with E-state index in [4.69, 9.17) is 14.2 Å². The molecular formula is C29H28N6O4. The van der Waals surface area contributed by atoms with E-state index < -0.39 is 0 Å². The van der Waals surface area contributed by atoms with E-state index in [1.807, 2.05) is 59.3 Å². The quantitative estimate of drug-likeness (QED) is 0.295. The highest BCUT2D eigenvalue weighted by atomic mass is 16.7. The van der Waals surface area contributed by atoms with Crippen LogP contribution < -0.4 is 19.8 Å². The van der Waals surface area contributed by atoms with Crippen LogP contribution >= 0.6 is 0 Å². The molecule has 2 aromatic heterocycles. The molecule has 1 aliphatic heterocycles. The number of H-pyrrole nitrogens is 1. The second-order valence-electron chi connectivity index (χ2n) is 9.46. The highest BCUT2D eigenvalue weighted by Gasteiger charge is 2.18. The predicted octanol–water partition coefficient (Wildman–Crippen LogP) is 3.70. The molecule has 1 aliphatic rings. The number of benzene rings is 3.